The summed E-state index contributed by atoms with van der Waals surface area (Å²) in [4.78, 5) is 23.8. The van der Waals surface area contributed by atoms with Crippen molar-refractivity contribution in [2.24, 2.45) is 0 Å². The molecule has 8 nitrogen and oxygen atoms in total. The normalized spacial score (nSPS) is 10.4. The van der Waals surface area contributed by atoms with E-state index in [1.165, 1.54) is 4.90 Å². The molecule has 128 valence electrons. The van der Waals surface area contributed by atoms with E-state index in [4.69, 9.17) is 5.11 Å². The molecule has 0 saturated heterocycles. The molecule has 0 fully saturated rings. The van der Waals surface area contributed by atoms with Gasteiger partial charge in [-0.25, -0.2) is 9.48 Å². The molecule has 0 aliphatic carbocycles. The van der Waals surface area contributed by atoms with E-state index in [1.54, 1.807) is 17.9 Å². The third-order valence-electron chi connectivity index (χ3n) is 3.20. The number of rotatable bonds is 7. The van der Waals surface area contributed by atoms with Crippen LogP contribution in [0.3, 0.4) is 0 Å². The number of carboxylic acids is 1. The van der Waals surface area contributed by atoms with E-state index in [2.05, 4.69) is 31.6 Å². The molecule has 0 atom stereocenters. The van der Waals surface area contributed by atoms with Crippen LogP contribution in [0.4, 0.5) is 4.79 Å². The molecular weight excluding hydrogens is 378 g/mol. The second-order valence-corrected chi connectivity index (χ2v) is 6.14. The Hall–Kier alpha value is -2.42. The highest BCUT2D eigenvalue weighted by atomic mass is 79.9. The summed E-state index contributed by atoms with van der Waals surface area (Å²) in [7, 11) is 1.64. The van der Waals surface area contributed by atoms with Gasteiger partial charge in [-0.05, 0) is 24.6 Å². The lowest BCUT2D eigenvalue weighted by molar-refractivity contribution is -0.137. The number of hydrogen-bond acceptors (Lipinski definition) is 4. The number of nitrogens with one attached hydrogen (secondary N) is 1. The van der Waals surface area contributed by atoms with Gasteiger partial charge in [0.25, 0.3) is 0 Å². The molecule has 0 radical (unpaired) electrons. The summed E-state index contributed by atoms with van der Waals surface area (Å²) in [6.45, 7) is 0.624. The van der Waals surface area contributed by atoms with Gasteiger partial charge in [-0.2, -0.15) is 0 Å². The second-order valence-electron chi connectivity index (χ2n) is 5.22. The van der Waals surface area contributed by atoms with Crippen LogP contribution < -0.4 is 5.32 Å². The van der Waals surface area contributed by atoms with E-state index in [0.29, 0.717) is 25.2 Å². The molecule has 0 aliphatic heterocycles. The molecule has 1 aromatic carbocycles. The lowest BCUT2D eigenvalue weighted by Gasteiger charge is -2.16. The zero-order valence-electron chi connectivity index (χ0n) is 13.1. The van der Waals surface area contributed by atoms with Crippen molar-refractivity contribution < 1.29 is 14.7 Å². The molecule has 0 spiro atoms. The van der Waals surface area contributed by atoms with E-state index in [0.717, 1.165) is 10.2 Å². The van der Waals surface area contributed by atoms with Crippen LogP contribution in [-0.4, -0.2) is 50.6 Å². The van der Waals surface area contributed by atoms with Crippen LogP contribution in [0.25, 0.3) is 5.69 Å². The Morgan fingerprint density at radius 2 is 2.21 bits per heavy atom. The van der Waals surface area contributed by atoms with Gasteiger partial charge in [0.05, 0.1) is 18.4 Å². The number of aliphatic carboxylic acids is 1. The Labute approximate surface area is 147 Å². The van der Waals surface area contributed by atoms with E-state index in [9.17, 15) is 9.59 Å². The third-order valence-corrected chi connectivity index (χ3v) is 3.70. The zero-order valence-corrected chi connectivity index (χ0v) is 14.7. The van der Waals surface area contributed by atoms with E-state index in [1.807, 2.05) is 24.3 Å². The first-order chi connectivity index (χ1) is 11.5. The fourth-order valence-electron chi connectivity index (χ4n) is 2.00. The Kier molecular flexibility index (Phi) is 6.30. The quantitative estimate of drug-likeness (QED) is 0.698. The van der Waals surface area contributed by atoms with Gasteiger partial charge in [-0.15, -0.1) is 5.10 Å². The topological polar surface area (TPSA) is 100 Å². The minimum atomic E-state index is -0.873. The van der Waals surface area contributed by atoms with Crippen molar-refractivity contribution in [2.45, 2.75) is 19.4 Å². The van der Waals surface area contributed by atoms with Crippen molar-refractivity contribution in [2.75, 3.05) is 13.6 Å². The average Bonchev–Trinajstić information content (AvgIpc) is 2.99. The zero-order chi connectivity index (χ0) is 17.5. The maximum absolute atomic E-state index is 11.9. The SMILES string of the molecule is CN(Cc1cn(-c2cccc(Br)c2)nn1)C(=O)NCCCC(=O)O. The van der Waals surface area contributed by atoms with Crippen LogP contribution in [0.2, 0.25) is 0 Å². The standard InChI is InChI=1S/C15H18BrN5O3/c1-20(15(24)17-7-3-6-14(22)23)9-12-10-21(19-18-12)13-5-2-4-11(16)8-13/h2,4-5,8,10H,3,6-7,9H2,1H3,(H,17,24)(H,22,23). The Morgan fingerprint density at radius 3 is 2.92 bits per heavy atom. The molecule has 2 amide bonds. The summed E-state index contributed by atoms with van der Waals surface area (Å²) >= 11 is 3.41. The van der Waals surface area contributed by atoms with Gasteiger partial charge >= 0.3 is 12.0 Å². The first-order valence-corrected chi connectivity index (χ1v) is 8.13. The summed E-state index contributed by atoms with van der Waals surface area (Å²) in [5.41, 5.74) is 1.52. The number of benzene rings is 1. The number of carboxylic acid groups (broad SMARTS) is 1. The minimum absolute atomic E-state index is 0.0327. The molecule has 2 N–H and O–H groups in total. The lowest BCUT2D eigenvalue weighted by Crippen LogP contribution is -2.37. The molecule has 0 saturated carbocycles. The first-order valence-electron chi connectivity index (χ1n) is 7.33. The highest BCUT2D eigenvalue weighted by Crippen LogP contribution is 2.14. The maximum atomic E-state index is 11.9. The summed E-state index contributed by atoms with van der Waals surface area (Å²) in [6.07, 6.45) is 2.19. The number of aromatic nitrogens is 3. The van der Waals surface area contributed by atoms with Crippen LogP contribution in [0.15, 0.2) is 34.9 Å². The van der Waals surface area contributed by atoms with Crippen LogP contribution in [0.5, 0.6) is 0 Å². The van der Waals surface area contributed by atoms with Crippen LogP contribution in [-0.2, 0) is 11.3 Å². The fourth-order valence-corrected chi connectivity index (χ4v) is 2.39. The molecule has 2 aromatic rings. The largest absolute Gasteiger partial charge is 0.481 e. The second kappa shape index (κ2) is 8.44. The summed E-state index contributed by atoms with van der Waals surface area (Å²) in [5, 5.41) is 19.3. The van der Waals surface area contributed by atoms with Gasteiger partial charge < -0.3 is 15.3 Å². The average molecular weight is 396 g/mol. The van der Waals surface area contributed by atoms with Crippen molar-refractivity contribution in [3.63, 3.8) is 0 Å². The number of carbonyl (C=O) groups excluding carboxylic acids is 1. The minimum Gasteiger partial charge on any atom is -0.481 e. The van der Waals surface area contributed by atoms with Crippen LogP contribution in [0.1, 0.15) is 18.5 Å². The number of carbonyl (C=O) groups is 2. The molecule has 0 aliphatic rings. The molecule has 1 heterocycles. The van der Waals surface area contributed by atoms with Gasteiger partial charge in [0.1, 0.15) is 5.69 Å². The molecule has 0 bridgehead atoms. The number of urea groups is 1. The smallest absolute Gasteiger partial charge is 0.317 e. The van der Waals surface area contributed by atoms with Crippen molar-refractivity contribution >= 4 is 27.9 Å². The van der Waals surface area contributed by atoms with Gasteiger partial charge in [0, 0.05) is 24.5 Å². The van der Waals surface area contributed by atoms with E-state index in [-0.39, 0.29) is 12.5 Å². The monoisotopic (exact) mass is 395 g/mol. The molecular formula is C15H18BrN5O3. The predicted octanol–water partition coefficient (Wildman–Crippen LogP) is 2.04. The molecule has 2 rings (SSSR count). The van der Waals surface area contributed by atoms with Gasteiger partial charge in [-0.3, -0.25) is 4.79 Å². The van der Waals surface area contributed by atoms with Crippen molar-refractivity contribution in [3.05, 3.63) is 40.6 Å². The Bertz CT molecular complexity index is 719. The summed E-state index contributed by atoms with van der Waals surface area (Å²) in [6, 6.07) is 7.36. The first kappa shape index (κ1) is 17.9. The highest BCUT2D eigenvalue weighted by Gasteiger charge is 2.11. The predicted molar refractivity (Wildman–Crippen MR) is 90.8 cm³/mol. The van der Waals surface area contributed by atoms with E-state index >= 15 is 0 Å². The summed E-state index contributed by atoms with van der Waals surface area (Å²) < 4.78 is 2.58. The molecule has 9 heteroatoms. The van der Waals surface area contributed by atoms with Crippen molar-refractivity contribution in [1.82, 2.24) is 25.2 Å². The number of hydrogen-bond donors (Lipinski definition) is 2. The maximum Gasteiger partial charge on any atom is 0.317 e. The number of amides is 2. The molecule has 0 unspecified atom stereocenters. The Morgan fingerprint density at radius 1 is 1.42 bits per heavy atom. The summed E-state index contributed by atoms with van der Waals surface area (Å²) in [5.74, 6) is -0.873. The number of halogens is 1. The number of nitrogens with zero attached hydrogens (tertiary/aromatic N) is 4. The highest BCUT2D eigenvalue weighted by molar-refractivity contribution is 9.10. The fraction of sp³-hybridized carbons (Fsp3) is 0.333. The van der Waals surface area contributed by atoms with Gasteiger partial charge in [0.2, 0.25) is 0 Å². The van der Waals surface area contributed by atoms with Crippen molar-refractivity contribution in [3.8, 4) is 5.69 Å². The van der Waals surface area contributed by atoms with Crippen LogP contribution in [0, 0.1) is 0 Å². The van der Waals surface area contributed by atoms with Crippen LogP contribution >= 0.6 is 15.9 Å². The third kappa shape index (κ3) is 5.34. The lowest BCUT2D eigenvalue weighted by atomic mass is 10.3. The molecule has 1 aromatic heterocycles. The van der Waals surface area contributed by atoms with Crippen molar-refractivity contribution in [1.29, 1.82) is 0 Å². The van der Waals surface area contributed by atoms with Gasteiger partial charge in [0.15, 0.2) is 0 Å². The Balaban J connectivity index is 1.87. The van der Waals surface area contributed by atoms with Gasteiger partial charge in [-0.1, -0.05) is 27.2 Å². The molecule has 24 heavy (non-hydrogen) atoms. The van der Waals surface area contributed by atoms with E-state index < -0.39 is 5.97 Å².